The number of hydrogen-bond acceptors (Lipinski definition) is 6. The van der Waals surface area contributed by atoms with Gasteiger partial charge in [0.1, 0.15) is 22.9 Å². The predicted octanol–water partition coefficient (Wildman–Crippen LogP) is 4.16. The summed E-state index contributed by atoms with van der Waals surface area (Å²) in [7, 11) is 7.02. The van der Waals surface area contributed by atoms with Crippen LogP contribution in [0.4, 0.5) is 22.9 Å². The number of methoxy groups -OCH3 is 2. The van der Waals surface area contributed by atoms with E-state index in [1.165, 1.54) is 14.2 Å². The lowest BCUT2D eigenvalue weighted by Crippen LogP contribution is -2.14. The van der Waals surface area contributed by atoms with E-state index in [1.807, 2.05) is 43.3 Å². The molecule has 2 aromatic carbocycles. The van der Waals surface area contributed by atoms with Crippen molar-refractivity contribution in [2.24, 2.45) is 0 Å². The first-order chi connectivity index (χ1) is 14.0. The number of pyridine rings is 1. The first-order valence-electron chi connectivity index (χ1n) is 9.04. The van der Waals surface area contributed by atoms with Crippen molar-refractivity contribution in [3.8, 4) is 11.5 Å². The van der Waals surface area contributed by atoms with Crippen molar-refractivity contribution in [3.63, 3.8) is 0 Å². The fourth-order valence-electron chi connectivity index (χ4n) is 2.80. The molecule has 0 radical (unpaired) electrons. The summed E-state index contributed by atoms with van der Waals surface area (Å²) in [6, 6.07) is 16.8. The van der Waals surface area contributed by atoms with E-state index in [0.717, 1.165) is 11.4 Å². The average Bonchev–Trinajstić information content (AvgIpc) is 2.74. The largest absolute Gasteiger partial charge is 0.496 e. The molecule has 7 heteroatoms. The molecule has 0 saturated carbocycles. The summed E-state index contributed by atoms with van der Waals surface area (Å²) in [6.07, 6.45) is 1.59. The number of anilines is 4. The van der Waals surface area contributed by atoms with Crippen LogP contribution in [-0.4, -0.2) is 39.2 Å². The second-order valence-corrected chi connectivity index (χ2v) is 6.49. The van der Waals surface area contributed by atoms with Gasteiger partial charge in [-0.3, -0.25) is 4.79 Å². The van der Waals surface area contributed by atoms with Gasteiger partial charge in [0.2, 0.25) is 0 Å². The molecule has 2 N–H and O–H groups in total. The van der Waals surface area contributed by atoms with Gasteiger partial charge in [0.05, 0.1) is 26.1 Å². The third-order valence-electron chi connectivity index (χ3n) is 4.33. The third kappa shape index (κ3) is 4.76. The first kappa shape index (κ1) is 20.0. The Hall–Kier alpha value is -3.74. The summed E-state index contributed by atoms with van der Waals surface area (Å²) in [6.45, 7) is 0. The molecule has 0 spiro atoms. The van der Waals surface area contributed by atoms with Crippen LogP contribution >= 0.6 is 0 Å². The van der Waals surface area contributed by atoms with Gasteiger partial charge in [0.15, 0.2) is 0 Å². The monoisotopic (exact) mass is 392 g/mol. The lowest BCUT2D eigenvalue weighted by atomic mass is 10.1. The van der Waals surface area contributed by atoms with E-state index >= 15 is 0 Å². The van der Waals surface area contributed by atoms with Crippen LogP contribution in [0.3, 0.4) is 0 Å². The van der Waals surface area contributed by atoms with Crippen molar-refractivity contribution in [2.75, 3.05) is 43.8 Å². The van der Waals surface area contributed by atoms with Crippen LogP contribution in [0.5, 0.6) is 11.5 Å². The maximum absolute atomic E-state index is 12.7. The van der Waals surface area contributed by atoms with E-state index in [0.29, 0.717) is 28.6 Å². The van der Waals surface area contributed by atoms with Crippen LogP contribution in [0.1, 0.15) is 10.4 Å². The van der Waals surface area contributed by atoms with E-state index in [9.17, 15) is 4.79 Å². The molecule has 1 amide bonds. The van der Waals surface area contributed by atoms with Crippen LogP contribution in [0.25, 0.3) is 0 Å². The Morgan fingerprint density at radius 1 is 0.897 bits per heavy atom. The van der Waals surface area contributed by atoms with E-state index < -0.39 is 0 Å². The minimum Gasteiger partial charge on any atom is -0.496 e. The Labute approximate surface area is 170 Å². The van der Waals surface area contributed by atoms with Gasteiger partial charge in [-0.2, -0.15) is 0 Å². The van der Waals surface area contributed by atoms with Crippen LogP contribution < -0.4 is 25.0 Å². The molecule has 7 nitrogen and oxygen atoms in total. The molecule has 3 rings (SSSR count). The maximum atomic E-state index is 12.7. The van der Waals surface area contributed by atoms with Gasteiger partial charge in [-0.15, -0.1) is 0 Å². The van der Waals surface area contributed by atoms with Crippen molar-refractivity contribution in [2.45, 2.75) is 0 Å². The predicted molar refractivity (Wildman–Crippen MR) is 116 cm³/mol. The number of carbonyl (C=O) groups excluding carboxylic acids is 1. The van der Waals surface area contributed by atoms with E-state index in [4.69, 9.17) is 9.47 Å². The zero-order valence-electron chi connectivity index (χ0n) is 16.9. The molecule has 0 aliphatic carbocycles. The zero-order chi connectivity index (χ0) is 20.8. The van der Waals surface area contributed by atoms with Crippen molar-refractivity contribution >= 4 is 28.8 Å². The molecule has 150 valence electrons. The highest BCUT2D eigenvalue weighted by Gasteiger charge is 2.18. The Bertz CT molecular complexity index is 948. The summed E-state index contributed by atoms with van der Waals surface area (Å²) < 4.78 is 10.6. The number of benzene rings is 2. The van der Waals surface area contributed by atoms with Crippen LogP contribution in [0.15, 0.2) is 60.8 Å². The average molecular weight is 392 g/mol. The molecule has 1 heterocycles. The minimum absolute atomic E-state index is 0.332. The molecule has 0 aliphatic heterocycles. The van der Waals surface area contributed by atoms with E-state index in [1.54, 1.807) is 36.5 Å². The number of hydrogen-bond donors (Lipinski definition) is 2. The molecule has 0 unspecified atom stereocenters. The van der Waals surface area contributed by atoms with E-state index in [2.05, 4.69) is 15.6 Å². The molecular weight excluding hydrogens is 368 g/mol. The number of nitrogens with one attached hydrogen (secondary N) is 2. The molecule has 29 heavy (non-hydrogen) atoms. The zero-order valence-corrected chi connectivity index (χ0v) is 16.9. The van der Waals surface area contributed by atoms with Gasteiger partial charge in [-0.05, 0) is 48.5 Å². The van der Waals surface area contributed by atoms with E-state index in [-0.39, 0.29) is 5.91 Å². The van der Waals surface area contributed by atoms with Crippen molar-refractivity contribution in [1.29, 1.82) is 0 Å². The first-order valence-corrected chi connectivity index (χ1v) is 9.04. The molecule has 0 aliphatic rings. The quantitative estimate of drug-likeness (QED) is 0.629. The number of amides is 1. The minimum atomic E-state index is -0.332. The highest BCUT2D eigenvalue weighted by Crippen LogP contribution is 2.29. The van der Waals surface area contributed by atoms with Crippen molar-refractivity contribution < 1.29 is 14.3 Å². The number of rotatable bonds is 7. The fourth-order valence-corrected chi connectivity index (χ4v) is 2.80. The van der Waals surface area contributed by atoms with Gasteiger partial charge < -0.3 is 25.0 Å². The van der Waals surface area contributed by atoms with Gasteiger partial charge in [-0.1, -0.05) is 6.07 Å². The molecule has 0 saturated heterocycles. The fraction of sp³-hybridized carbons (Fsp3) is 0.182. The molecule has 0 bridgehead atoms. The molecule has 0 atom stereocenters. The Morgan fingerprint density at radius 2 is 1.52 bits per heavy atom. The second kappa shape index (κ2) is 8.97. The van der Waals surface area contributed by atoms with Gasteiger partial charge in [0, 0.05) is 25.5 Å². The number of aromatic nitrogens is 1. The van der Waals surface area contributed by atoms with Crippen LogP contribution in [-0.2, 0) is 0 Å². The van der Waals surface area contributed by atoms with Crippen molar-refractivity contribution in [1.82, 2.24) is 4.98 Å². The van der Waals surface area contributed by atoms with Gasteiger partial charge in [0.25, 0.3) is 5.91 Å². The lowest BCUT2D eigenvalue weighted by molar-refractivity contribution is 0.102. The highest BCUT2D eigenvalue weighted by molar-refractivity contribution is 6.08. The molecule has 1 aromatic heterocycles. The van der Waals surface area contributed by atoms with Crippen molar-refractivity contribution in [3.05, 3.63) is 66.4 Å². The highest BCUT2D eigenvalue weighted by atomic mass is 16.5. The van der Waals surface area contributed by atoms with Crippen LogP contribution in [0, 0.1) is 0 Å². The second-order valence-electron chi connectivity index (χ2n) is 6.49. The normalized spacial score (nSPS) is 10.2. The Morgan fingerprint density at radius 3 is 2.03 bits per heavy atom. The molecule has 0 fully saturated rings. The Kier molecular flexibility index (Phi) is 6.19. The lowest BCUT2D eigenvalue weighted by Gasteiger charge is -2.14. The topological polar surface area (TPSA) is 75.7 Å². The third-order valence-corrected chi connectivity index (χ3v) is 4.33. The standard InChI is InChI=1S/C22H24N4O3/c1-26(2)17-11-8-15(9-12-17)24-20-13-10-16(14-23-20)25-22(27)21-18(28-3)6-5-7-19(21)29-4/h5-14H,1-4H3,(H,23,24)(H,25,27). The summed E-state index contributed by atoms with van der Waals surface area (Å²) in [5.41, 5.74) is 2.95. The summed E-state index contributed by atoms with van der Waals surface area (Å²) >= 11 is 0. The number of nitrogens with zero attached hydrogens (tertiary/aromatic N) is 2. The molecule has 3 aromatic rings. The molecular formula is C22H24N4O3. The summed E-state index contributed by atoms with van der Waals surface area (Å²) in [4.78, 5) is 19.1. The van der Waals surface area contributed by atoms with Gasteiger partial charge >= 0.3 is 0 Å². The summed E-state index contributed by atoms with van der Waals surface area (Å²) in [5, 5.41) is 6.06. The Balaban J connectivity index is 1.70. The maximum Gasteiger partial charge on any atom is 0.263 e. The van der Waals surface area contributed by atoms with Gasteiger partial charge in [-0.25, -0.2) is 4.98 Å². The number of ether oxygens (including phenoxy) is 2. The summed E-state index contributed by atoms with van der Waals surface area (Å²) in [5.74, 6) is 1.22. The van der Waals surface area contributed by atoms with Crippen LogP contribution in [0.2, 0.25) is 0 Å². The smallest absolute Gasteiger partial charge is 0.263 e. The number of carbonyl (C=O) groups is 1. The SMILES string of the molecule is COc1cccc(OC)c1C(=O)Nc1ccc(Nc2ccc(N(C)C)cc2)nc1.